The third kappa shape index (κ3) is 5.83. The van der Waals surface area contributed by atoms with E-state index in [0.717, 1.165) is 57.3 Å². The highest BCUT2D eigenvalue weighted by atomic mass is 35.5. The van der Waals surface area contributed by atoms with Gasteiger partial charge < -0.3 is 25.4 Å². The minimum Gasteiger partial charge on any atom is -0.507 e. The zero-order valence-corrected chi connectivity index (χ0v) is 25.1. The first-order chi connectivity index (χ1) is 17.7. The van der Waals surface area contributed by atoms with Gasteiger partial charge in [0.2, 0.25) is 0 Å². The zero-order valence-electron chi connectivity index (χ0n) is 22.7. The predicted octanol–water partition coefficient (Wildman–Crippen LogP) is 5.69. The van der Waals surface area contributed by atoms with Crippen LogP contribution in [-0.2, 0) is 11.2 Å². The fourth-order valence-corrected chi connectivity index (χ4v) is 5.88. The van der Waals surface area contributed by atoms with E-state index in [1.807, 2.05) is 62.2 Å². The van der Waals surface area contributed by atoms with Gasteiger partial charge in [0.05, 0.1) is 10.6 Å². The first-order valence-electron chi connectivity index (χ1n) is 12.7. The molecule has 0 bridgehead atoms. The fourth-order valence-electron chi connectivity index (χ4n) is 5.26. The summed E-state index contributed by atoms with van der Waals surface area (Å²) >= 11 is 1.57. The molecule has 0 aliphatic carbocycles. The molecule has 39 heavy (non-hydrogen) atoms. The van der Waals surface area contributed by atoms with Gasteiger partial charge in [-0.05, 0) is 86.5 Å². The Morgan fingerprint density at radius 2 is 1.69 bits per heavy atom. The number of hydrogen-bond acceptors (Lipinski definition) is 6. The van der Waals surface area contributed by atoms with Crippen LogP contribution < -0.4 is 15.4 Å². The molecular weight excluding hydrogens is 555 g/mol. The average molecular weight is 592 g/mol. The molecule has 5 rings (SSSR count). The SMILES string of the molecule is Cc1c(C)c2c(c(C)c1O)CC[C@@](C)(C(=O)N1CCN(c3ccc(/N=C(\N)c4cccs4)cc3)CC1)O2.Cl.Cl. The number of phenolic OH excluding ortho intramolecular Hbond substituents is 1. The number of amidine groups is 1. The van der Waals surface area contributed by atoms with E-state index in [1.165, 1.54) is 0 Å². The number of fused-ring (bicyclic) bond motifs is 1. The lowest BCUT2D eigenvalue weighted by Crippen LogP contribution is -2.57. The van der Waals surface area contributed by atoms with E-state index in [1.54, 1.807) is 11.3 Å². The van der Waals surface area contributed by atoms with E-state index in [4.69, 9.17) is 10.5 Å². The molecule has 2 aromatic carbocycles. The Morgan fingerprint density at radius 1 is 1.03 bits per heavy atom. The van der Waals surface area contributed by atoms with E-state index >= 15 is 0 Å². The molecule has 1 atom stereocenters. The number of nitrogens with zero attached hydrogens (tertiary/aromatic N) is 3. The number of ether oxygens (including phenoxy) is 1. The monoisotopic (exact) mass is 590 g/mol. The van der Waals surface area contributed by atoms with Gasteiger partial charge >= 0.3 is 0 Å². The van der Waals surface area contributed by atoms with Gasteiger partial charge in [0.1, 0.15) is 17.3 Å². The van der Waals surface area contributed by atoms with Crippen molar-refractivity contribution in [1.82, 2.24) is 4.90 Å². The molecule has 3 aromatic rings. The van der Waals surface area contributed by atoms with Gasteiger partial charge in [-0.15, -0.1) is 36.2 Å². The zero-order chi connectivity index (χ0) is 26.3. The summed E-state index contributed by atoms with van der Waals surface area (Å²) in [6.07, 6.45) is 1.31. The van der Waals surface area contributed by atoms with Crippen molar-refractivity contribution < 1.29 is 14.6 Å². The summed E-state index contributed by atoms with van der Waals surface area (Å²) in [5.41, 5.74) is 10.7. The summed E-state index contributed by atoms with van der Waals surface area (Å²) in [6, 6.07) is 12.0. The highest BCUT2D eigenvalue weighted by Gasteiger charge is 2.43. The maximum Gasteiger partial charge on any atom is 0.266 e. The number of benzene rings is 2. The van der Waals surface area contributed by atoms with Gasteiger partial charge in [0, 0.05) is 43.9 Å². The van der Waals surface area contributed by atoms with Crippen molar-refractivity contribution in [3.8, 4) is 11.5 Å². The number of rotatable bonds is 4. The number of aliphatic imine (C=N–C) groups is 1. The molecule has 3 N–H and O–H groups in total. The summed E-state index contributed by atoms with van der Waals surface area (Å²) in [7, 11) is 0. The maximum absolute atomic E-state index is 13.6. The van der Waals surface area contributed by atoms with Crippen molar-refractivity contribution in [2.75, 3.05) is 31.1 Å². The largest absolute Gasteiger partial charge is 0.507 e. The number of anilines is 1. The van der Waals surface area contributed by atoms with Gasteiger partial charge in [-0.25, -0.2) is 4.99 Å². The average Bonchev–Trinajstić information content (AvgIpc) is 3.46. The van der Waals surface area contributed by atoms with Crippen LogP contribution in [0.15, 0.2) is 46.8 Å². The van der Waals surface area contributed by atoms with Crippen LogP contribution in [0.5, 0.6) is 11.5 Å². The second-order valence-corrected chi connectivity index (χ2v) is 11.1. The Balaban J connectivity index is 0.00000210. The van der Waals surface area contributed by atoms with E-state index in [9.17, 15) is 9.90 Å². The Hall–Kier alpha value is -2.94. The standard InChI is InChI=1S/C29H34N4O3S.2ClH/c1-18-19(2)26-23(20(3)25(18)34)11-12-29(4,36-26)28(35)33-15-13-32(14-16-33)22-9-7-21(8-10-22)31-27(30)24-6-5-17-37-24;;/h5-10,17,34H,11-16H2,1-4H3,(H2,30,31);2*1H/t29-;;/m0../s1. The lowest BCUT2D eigenvalue weighted by atomic mass is 9.86. The second kappa shape index (κ2) is 12.1. The van der Waals surface area contributed by atoms with Crippen LogP contribution in [0.4, 0.5) is 11.4 Å². The molecule has 7 nitrogen and oxygen atoms in total. The number of thiophene rings is 1. The van der Waals surface area contributed by atoms with E-state index in [0.29, 0.717) is 37.5 Å². The molecule has 1 fully saturated rings. The first-order valence-corrected chi connectivity index (χ1v) is 13.6. The maximum atomic E-state index is 13.6. The number of amides is 1. The van der Waals surface area contributed by atoms with Crippen LogP contribution >= 0.6 is 36.2 Å². The molecule has 2 aliphatic rings. The number of phenols is 1. The Morgan fingerprint density at radius 3 is 2.31 bits per heavy atom. The first kappa shape index (κ1) is 30.6. The van der Waals surface area contributed by atoms with Crippen molar-refractivity contribution in [3.63, 3.8) is 0 Å². The van der Waals surface area contributed by atoms with Crippen LogP contribution in [0.3, 0.4) is 0 Å². The quantitative estimate of drug-likeness (QED) is 0.301. The van der Waals surface area contributed by atoms with Crippen LogP contribution in [-0.4, -0.2) is 53.5 Å². The normalized spacial score (nSPS) is 18.9. The minimum absolute atomic E-state index is 0. The van der Waals surface area contributed by atoms with E-state index in [-0.39, 0.29) is 30.7 Å². The smallest absolute Gasteiger partial charge is 0.266 e. The third-order valence-corrected chi connectivity index (χ3v) is 8.67. The molecule has 3 heterocycles. The Bertz CT molecular complexity index is 1350. The lowest BCUT2D eigenvalue weighted by molar-refractivity contribution is -0.148. The van der Waals surface area contributed by atoms with Crippen LogP contribution in [0.25, 0.3) is 0 Å². The summed E-state index contributed by atoms with van der Waals surface area (Å²) in [5.74, 6) is 1.65. The molecule has 1 amide bonds. The van der Waals surface area contributed by atoms with E-state index < -0.39 is 5.60 Å². The Labute approximate surface area is 246 Å². The number of nitrogens with two attached hydrogens (primary N) is 1. The van der Waals surface area contributed by atoms with Gasteiger partial charge in [0.25, 0.3) is 5.91 Å². The summed E-state index contributed by atoms with van der Waals surface area (Å²) in [6.45, 7) is 10.5. The van der Waals surface area contributed by atoms with E-state index in [2.05, 4.69) is 22.0 Å². The summed E-state index contributed by atoms with van der Waals surface area (Å²) < 4.78 is 6.43. The number of piperazine rings is 1. The molecule has 0 radical (unpaired) electrons. The van der Waals surface area contributed by atoms with Crippen LogP contribution in [0, 0.1) is 20.8 Å². The lowest BCUT2D eigenvalue weighted by Gasteiger charge is -2.42. The highest BCUT2D eigenvalue weighted by Crippen LogP contribution is 2.43. The molecule has 1 saturated heterocycles. The fraction of sp³-hybridized carbons (Fsp3) is 0.379. The number of carbonyl (C=O) groups is 1. The molecule has 10 heteroatoms. The van der Waals surface area contributed by atoms with Crippen molar-refractivity contribution in [2.45, 2.75) is 46.1 Å². The molecule has 0 unspecified atom stereocenters. The van der Waals surface area contributed by atoms with Gasteiger partial charge in [-0.1, -0.05) is 6.07 Å². The number of carbonyl (C=O) groups excluding carboxylic acids is 1. The molecule has 2 aliphatic heterocycles. The topological polar surface area (TPSA) is 91.4 Å². The van der Waals surface area contributed by atoms with Gasteiger partial charge in [-0.2, -0.15) is 0 Å². The van der Waals surface area contributed by atoms with Gasteiger partial charge in [-0.3, -0.25) is 4.79 Å². The predicted molar refractivity (Wildman–Crippen MR) is 164 cm³/mol. The molecule has 210 valence electrons. The van der Waals surface area contributed by atoms with Gasteiger partial charge in [0.15, 0.2) is 5.60 Å². The van der Waals surface area contributed by atoms with Crippen molar-refractivity contribution >= 4 is 59.3 Å². The second-order valence-electron chi connectivity index (χ2n) is 10.1. The number of hydrogen-bond donors (Lipinski definition) is 2. The molecular formula is C29H36Cl2N4O3S. The van der Waals surface area contributed by atoms with Crippen LogP contribution in [0.2, 0.25) is 0 Å². The third-order valence-electron chi connectivity index (χ3n) is 7.78. The number of aromatic hydroxyl groups is 1. The molecule has 0 saturated carbocycles. The Kier molecular flexibility index (Phi) is 9.47. The van der Waals surface area contributed by atoms with Crippen molar-refractivity contribution in [3.05, 3.63) is 68.9 Å². The molecule has 0 spiro atoms. The summed E-state index contributed by atoms with van der Waals surface area (Å²) in [4.78, 5) is 23.3. The van der Waals surface area contributed by atoms with Crippen LogP contribution in [0.1, 0.15) is 40.5 Å². The van der Waals surface area contributed by atoms with Crippen molar-refractivity contribution in [1.29, 1.82) is 0 Å². The molecule has 1 aromatic heterocycles. The number of halogens is 2. The van der Waals surface area contributed by atoms with Crippen molar-refractivity contribution in [2.24, 2.45) is 10.7 Å². The summed E-state index contributed by atoms with van der Waals surface area (Å²) in [5, 5.41) is 12.4. The highest BCUT2D eigenvalue weighted by molar-refractivity contribution is 7.12. The minimum atomic E-state index is -0.905.